The van der Waals surface area contributed by atoms with E-state index < -0.39 is 0 Å². The van der Waals surface area contributed by atoms with Crippen molar-refractivity contribution in [3.63, 3.8) is 0 Å². The molecule has 2 atom stereocenters. The molecule has 0 bridgehead atoms. The number of hydrogen-bond donors (Lipinski definition) is 0. The number of rotatable bonds is 0. The van der Waals surface area contributed by atoms with E-state index in [1.165, 1.54) is 19.3 Å². The minimum atomic E-state index is 0. The molecule has 2 heterocycles. The van der Waals surface area contributed by atoms with Crippen LogP contribution in [0.25, 0.3) is 0 Å². The molecule has 0 saturated carbocycles. The summed E-state index contributed by atoms with van der Waals surface area (Å²) in [7, 11) is 0. The molecule has 88 valence electrons. The lowest BCUT2D eigenvalue weighted by Gasteiger charge is -1.94. The second-order valence-electron chi connectivity index (χ2n) is 3.79. The Morgan fingerprint density at radius 3 is 1.86 bits per heavy atom. The lowest BCUT2D eigenvalue weighted by atomic mass is 10.2. The van der Waals surface area contributed by atoms with E-state index in [1.54, 1.807) is 0 Å². The zero-order chi connectivity index (χ0) is 8.81. The molecule has 2 heteroatoms. The Labute approximate surface area is 90.0 Å². The van der Waals surface area contributed by atoms with Crippen molar-refractivity contribution in [2.75, 3.05) is 19.8 Å². The van der Waals surface area contributed by atoms with Crippen molar-refractivity contribution in [1.29, 1.82) is 0 Å². The van der Waals surface area contributed by atoms with Crippen molar-refractivity contribution in [1.82, 2.24) is 0 Å². The molecule has 2 unspecified atom stereocenters. The van der Waals surface area contributed by atoms with E-state index >= 15 is 0 Å². The molecule has 0 N–H and O–H groups in total. The fourth-order valence-electron chi connectivity index (χ4n) is 1.39. The fourth-order valence-corrected chi connectivity index (χ4v) is 1.39. The Bertz CT molecular complexity index is 88.9. The van der Waals surface area contributed by atoms with Gasteiger partial charge in [0, 0.05) is 19.8 Å². The normalized spacial score (nSPS) is 29.6. The summed E-state index contributed by atoms with van der Waals surface area (Å²) in [6.45, 7) is 7.29. The Kier molecular flexibility index (Phi) is 11.1. The van der Waals surface area contributed by atoms with Crippen molar-refractivity contribution < 1.29 is 9.47 Å². The Balaban J connectivity index is 0. The third kappa shape index (κ3) is 7.34. The van der Waals surface area contributed by atoms with Gasteiger partial charge in [-0.2, -0.15) is 0 Å². The Morgan fingerprint density at radius 1 is 1.00 bits per heavy atom. The molecule has 0 aromatic carbocycles. The Hall–Kier alpha value is -0.0800. The van der Waals surface area contributed by atoms with Crippen LogP contribution < -0.4 is 0 Å². The average Bonchev–Trinajstić information content (AvgIpc) is 2.63. The molecular formula is C12H28O2. The molecule has 2 nitrogen and oxygen atoms in total. The molecular weight excluding hydrogens is 176 g/mol. The van der Waals surface area contributed by atoms with Crippen molar-refractivity contribution in [2.45, 2.75) is 54.1 Å². The Morgan fingerprint density at radius 2 is 1.71 bits per heavy atom. The van der Waals surface area contributed by atoms with Gasteiger partial charge in [0.2, 0.25) is 0 Å². The summed E-state index contributed by atoms with van der Waals surface area (Å²) < 4.78 is 10.2. The van der Waals surface area contributed by atoms with Gasteiger partial charge in [0.1, 0.15) is 0 Å². The highest BCUT2D eigenvalue weighted by Crippen LogP contribution is 2.09. The predicted molar refractivity (Wildman–Crippen MR) is 62.7 cm³/mol. The molecule has 14 heavy (non-hydrogen) atoms. The maximum absolute atomic E-state index is 5.15. The maximum atomic E-state index is 5.15. The van der Waals surface area contributed by atoms with E-state index in [0.29, 0.717) is 6.10 Å². The summed E-state index contributed by atoms with van der Waals surface area (Å²) in [6, 6.07) is 0. The van der Waals surface area contributed by atoms with Crippen LogP contribution >= 0.6 is 0 Å². The van der Waals surface area contributed by atoms with Gasteiger partial charge in [0.25, 0.3) is 0 Å². The minimum absolute atomic E-state index is 0. The highest BCUT2D eigenvalue weighted by molar-refractivity contribution is 4.56. The zero-order valence-electron chi connectivity index (χ0n) is 8.21. The van der Waals surface area contributed by atoms with Gasteiger partial charge in [-0.15, -0.1) is 0 Å². The van der Waals surface area contributed by atoms with Gasteiger partial charge in [-0.3, -0.25) is 0 Å². The SMILES string of the molecule is C.C.CC1CCCO1.CC1CCOC1. The summed E-state index contributed by atoms with van der Waals surface area (Å²) in [4.78, 5) is 0. The largest absolute Gasteiger partial charge is 0.381 e. The van der Waals surface area contributed by atoms with Crippen molar-refractivity contribution in [3.8, 4) is 0 Å². The smallest absolute Gasteiger partial charge is 0.0547 e. The predicted octanol–water partition coefficient (Wildman–Crippen LogP) is 3.50. The van der Waals surface area contributed by atoms with E-state index in [4.69, 9.17) is 9.47 Å². The van der Waals surface area contributed by atoms with Crippen LogP contribution in [0.15, 0.2) is 0 Å². The van der Waals surface area contributed by atoms with Crippen LogP contribution in [0.5, 0.6) is 0 Å². The van der Waals surface area contributed by atoms with E-state index in [2.05, 4.69) is 13.8 Å². The highest BCUT2D eigenvalue weighted by Gasteiger charge is 2.08. The topological polar surface area (TPSA) is 18.5 Å². The molecule has 0 spiro atoms. The van der Waals surface area contributed by atoms with E-state index in [9.17, 15) is 0 Å². The molecule has 2 saturated heterocycles. The molecule has 0 aromatic heterocycles. The first-order chi connectivity index (χ1) is 5.79. The summed E-state index contributed by atoms with van der Waals surface area (Å²) in [5, 5.41) is 0. The second-order valence-corrected chi connectivity index (χ2v) is 3.79. The molecule has 2 aliphatic heterocycles. The molecule has 0 radical (unpaired) electrons. The van der Waals surface area contributed by atoms with E-state index in [-0.39, 0.29) is 14.9 Å². The fraction of sp³-hybridized carbons (Fsp3) is 1.00. The van der Waals surface area contributed by atoms with Gasteiger partial charge in [0.15, 0.2) is 0 Å². The minimum Gasteiger partial charge on any atom is -0.381 e. The van der Waals surface area contributed by atoms with Gasteiger partial charge in [-0.1, -0.05) is 21.8 Å². The van der Waals surface area contributed by atoms with E-state index in [0.717, 1.165) is 25.7 Å². The number of ether oxygens (including phenoxy) is 2. The van der Waals surface area contributed by atoms with Crippen molar-refractivity contribution in [2.24, 2.45) is 5.92 Å². The summed E-state index contributed by atoms with van der Waals surface area (Å²) >= 11 is 0. The molecule has 0 amide bonds. The molecule has 2 fully saturated rings. The zero-order valence-corrected chi connectivity index (χ0v) is 8.21. The second kappa shape index (κ2) is 9.47. The lowest BCUT2D eigenvalue weighted by molar-refractivity contribution is 0.125. The van der Waals surface area contributed by atoms with Crippen LogP contribution in [-0.4, -0.2) is 25.9 Å². The first-order valence-electron chi connectivity index (χ1n) is 4.98. The molecule has 2 rings (SSSR count). The van der Waals surface area contributed by atoms with Crippen LogP contribution in [0.2, 0.25) is 0 Å². The average molecular weight is 204 g/mol. The molecule has 2 aliphatic rings. The third-order valence-corrected chi connectivity index (χ3v) is 2.31. The molecule has 0 aliphatic carbocycles. The van der Waals surface area contributed by atoms with E-state index in [1.807, 2.05) is 0 Å². The lowest BCUT2D eigenvalue weighted by Crippen LogP contribution is -1.94. The summed E-state index contributed by atoms with van der Waals surface area (Å²) in [5.41, 5.74) is 0. The monoisotopic (exact) mass is 204 g/mol. The summed E-state index contributed by atoms with van der Waals surface area (Å²) in [6.07, 6.45) is 4.34. The standard InChI is InChI=1S/2C5H10O.2CH4/c1-5-2-3-6-4-5;1-5-3-2-4-6-5;;/h2*5H,2-4H2,1H3;2*1H4. The third-order valence-electron chi connectivity index (χ3n) is 2.31. The van der Waals surface area contributed by atoms with Gasteiger partial charge >= 0.3 is 0 Å². The van der Waals surface area contributed by atoms with Crippen LogP contribution in [0.4, 0.5) is 0 Å². The van der Waals surface area contributed by atoms with Crippen molar-refractivity contribution >= 4 is 0 Å². The van der Waals surface area contributed by atoms with Gasteiger partial charge in [0.05, 0.1) is 6.10 Å². The van der Waals surface area contributed by atoms with Gasteiger partial charge in [-0.05, 0) is 32.1 Å². The first kappa shape index (κ1) is 16.4. The van der Waals surface area contributed by atoms with Gasteiger partial charge < -0.3 is 9.47 Å². The van der Waals surface area contributed by atoms with Crippen LogP contribution in [-0.2, 0) is 9.47 Å². The first-order valence-corrected chi connectivity index (χ1v) is 4.98. The van der Waals surface area contributed by atoms with Crippen LogP contribution in [0, 0.1) is 5.92 Å². The summed E-state index contributed by atoms with van der Waals surface area (Å²) in [5.74, 6) is 0.824. The van der Waals surface area contributed by atoms with Gasteiger partial charge in [-0.25, -0.2) is 0 Å². The highest BCUT2D eigenvalue weighted by atomic mass is 16.5. The van der Waals surface area contributed by atoms with Crippen molar-refractivity contribution in [3.05, 3.63) is 0 Å². The van der Waals surface area contributed by atoms with Crippen LogP contribution in [0.3, 0.4) is 0 Å². The van der Waals surface area contributed by atoms with Crippen LogP contribution in [0.1, 0.15) is 48.0 Å². The maximum Gasteiger partial charge on any atom is 0.0547 e. The number of hydrogen-bond acceptors (Lipinski definition) is 2. The quantitative estimate of drug-likeness (QED) is 0.601. The molecule has 0 aromatic rings.